The van der Waals surface area contributed by atoms with Gasteiger partial charge in [0.1, 0.15) is 0 Å². The Balaban J connectivity index is 0. The van der Waals surface area contributed by atoms with E-state index in [9.17, 15) is 0 Å². The summed E-state index contributed by atoms with van der Waals surface area (Å²) >= 11 is 1.76. The summed E-state index contributed by atoms with van der Waals surface area (Å²) in [5.41, 5.74) is 1.20. The second-order valence-electron chi connectivity index (χ2n) is 1.95. The van der Waals surface area contributed by atoms with E-state index in [-0.39, 0.29) is 1.43 Å². The molecule has 0 spiro atoms. The Bertz CT molecular complexity index is 193. The van der Waals surface area contributed by atoms with Crippen LogP contribution in [0.2, 0.25) is 0 Å². The van der Waals surface area contributed by atoms with E-state index in [0.29, 0.717) is 0 Å². The fourth-order valence-electron chi connectivity index (χ4n) is 0.851. The summed E-state index contributed by atoms with van der Waals surface area (Å²) in [5, 5.41) is 3.13. The summed E-state index contributed by atoms with van der Waals surface area (Å²) in [6, 6.07) is 8.26. The van der Waals surface area contributed by atoms with Gasteiger partial charge in [-0.1, -0.05) is 26.0 Å². The molecule has 70 valence electrons. The smallest absolute Gasteiger partial charge is 0.0475 e. The average Bonchev–Trinajstić information content (AvgIpc) is 2.20. The van der Waals surface area contributed by atoms with Crippen LogP contribution in [0.5, 0.6) is 0 Å². The van der Waals surface area contributed by atoms with Gasteiger partial charge in [-0.25, -0.2) is 0 Å². The molecule has 1 nitrogen and oxygen atoms in total. The van der Waals surface area contributed by atoms with Gasteiger partial charge in [0.25, 0.3) is 0 Å². The molecule has 0 saturated carbocycles. The molecule has 0 aliphatic carbocycles. The molecule has 0 aliphatic rings. The lowest BCUT2D eigenvalue weighted by atomic mass is 10.3. The van der Waals surface area contributed by atoms with Crippen LogP contribution in [0.25, 0.3) is 0 Å². The Morgan fingerprint density at radius 3 is 2.25 bits per heavy atom. The first-order valence-electron chi connectivity index (χ1n) is 4.19. The second kappa shape index (κ2) is 7.04. The van der Waals surface area contributed by atoms with Crippen molar-refractivity contribution in [2.45, 2.75) is 18.7 Å². The monoisotopic (exact) mass is 185 g/mol. The molecular formula is C10H19NS. The molecule has 2 heteroatoms. The summed E-state index contributed by atoms with van der Waals surface area (Å²) in [4.78, 5) is 1.30. The highest BCUT2D eigenvalue weighted by Crippen LogP contribution is 2.23. The lowest BCUT2D eigenvalue weighted by molar-refractivity contribution is 1.39. The van der Waals surface area contributed by atoms with E-state index in [2.05, 4.69) is 23.7 Å². The lowest BCUT2D eigenvalue weighted by Crippen LogP contribution is -1.88. The van der Waals surface area contributed by atoms with Crippen molar-refractivity contribution in [1.82, 2.24) is 0 Å². The van der Waals surface area contributed by atoms with E-state index in [1.165, 1.54) is 10.6 Å². The van der Waals surface area contributed by atoms with Crippen molar-refractivity contribution in [3.05, 3.63) is 24.3 Å². The van der Waals surface area contributed by atoms with Gasteiger partial charge in [-0.2, -0.15) is 0 Å². The van der Waals surface area contributed by atoms with Crippen LogP contribution >= 0.6 is 11.8 Å². The summed E-state index contributed by atoms with van der Waals surface area (Å²) in [6.07, 6.45) is 2.08. The van der Waals surface area contributed by atoms with Crippen molar-refractivity contribution in [1.29, 1.82) is 0 Å². The number of nitrogens with one attached hydrogen (secondary N) is 1. The Kier molecular flexibility index (Phi) is 6.67. The number of para-hydroxylation sites is 1. The molecular weight excluding hydrogens is 166 g/mol. The van der Waals surface area contributed by atoms with E-state index in [0.717, 1.165) is 0 Å². The molecule has 0 radical (unpaired) electrons. The van der Waals surface area contributed by atoms with Gasteiger partial charge >= 0.3 is 0 Å². The molecule has 0 aromatic heterocycles. The van der Waals surface area contributed by atoms with Gasteiger partial charge in [-0.3, -0.25) is 0 Å². The molecule has 1 rings (SSSR count). The molecule has 0 unspecified atom stereocenters. The number of benzene rings is 1. The van der Waals surface area contributed by atoms with Crippen LogP contribution in [0.1, 0.15) is 15.3 Å². The predicted molar refractivity (Wildman–Crippen MR) is 61.2 cm³/mol. The third-order valence-corrected chi connectivity index (χ3v) is 2.17. The topological polar surface area (TPSA) is 12.0 Å². The quantitative estimate of drug-likeness (QED) is 0.705. The van der Waals surface area contributed by atoms with Crippen LogP contribution in [0, 0.1) is 0 Å². The molecule has 0 aliphatic heterocycles. The Hall–Kier alpha value is -0.630. The number of hydrogen-bond acceptors (Lipinski definition) is 2. The lowest BCUT2D eigenvalue weighted by Gasteiger charge is -2.03. The summed E-state index contributed by atoms with van der Waals surface area (Å²) < 4.78 is 0. The first-order valence-corrected chi connectivity index (χ1v) is 5.41. The molecule has 1 aromatic rings. The number of rotatable bonds is 2. The summed E-state index contributed by atoms with van der Waals surface area (Å²) in [6.45, 7) is 4.00. The highest BCUT2D eigenvalue weighted by molar-refractivity contribution is 7.98. The first kappa shape index (κ1) is 11.4. The van der Waals surface area contributed by atoms with Gasteiger partial charge in [0.2, 0.25) is 0 Å². The van der Waals surface area contributed by atoms with Crippen molar-refractivity contribution in [2.24, 2.45) is 0 Å². The minimum Gasteiger partial charge on any atom is -0.387 e. The summed E-state index contributed by atoms with van der Waals surface area (Å²) in [5.74, 6) is 0. The fourth-order valence-corrected chi connectivity index (χ4v) is 1.46. The molecule has 0 bridgehead atoms. The fraction of sp³-hybridized carbons (Fsp3) is 0.400. The maximum atomic E-state index is 3.13. The third-order valence-electron chi connectivity index (χ3n) is 1.38. The van der Waals surface area contributed by atoms with Gasteiger partial charge in [-0.05, 0) is 18.4 Å². The number of thioether (sulfide) groups is 1. The zero-order valence-corrected chi connectivity index (χ0v) is 9.03. The Morgan fingerprint density at radius 2 is 1.83 bits per heavy atom. The van der Waals surface area contributed by atoms with Crippen LogP contribution in [0.4, 0.5) is 5.69 Å². The SMILES string of the molecule is CC.CNc1ccccc1SC.[HH]. The molecule has 12 heavy (non-hydrogen) atoms. The van der Waals surface area contributed by atoms with Crippen molar-refractivity contribution >= 4 is 17.4 Å². The predicted octanol–water partition coefficient (Wildman–Crippen LogP) is 3.72. The van der Waals surface area contributed by atoms with Crippen LogP contribution in [0.3, 0.4) is 0 Å². The van der Waals surface area contributed by atoms with Crippen molar-refractivity contribution < 1.29 is 1.43 Å². The minimum atomic E-state index is 0. The van der Waals surface area contributed by atoms with Crippen LogP contribution < -0.4 is 5.32 Å². The van der Waals surface area contributed by atoms with Crippen LogP contribution in [-0.4, -0.2) is 13.3 Å². The highest BCUT2D eigenvalue weighted by atomic mass is 32.2. The van der Waals surface area contributed by atoms with Crippen LogP contribution in [-0.2, 0) is 0 Å². The molecule has 0 atom stereocenters. The minimum absolute atomic E-state index is 0. The van der Waals surface area contributed by atoms with E-state index < -0.39 is 0 Å². The maximum absolute atomic E-state index is 3.13. The molecule has 0 saturated heterocycles. The Morgan fingerprint density at radius 1 is 1.25 bits per heavy atom. The number of anilines is 1. The van der Waals surface area contributed by atoms with Crippen molar-refractivity contribution in [3.8, 4) is 0 Å². The Labute approximate surface area is 81.1 Å². The maximum Gasteiger partial charge on any atom is 0.0475 e. The van der Waals surface area contributed by atoms with E-state index in [1.807, 2.05) is 33.0 Å². The molecule has 1 N–H and O–H groups in total. The van der Waals surface area contributed by atoms with Crippen molar-refractivity contribution in [2.75, 3.05) is 18.6 Å². The molecule has 0 amide bonds. The molecule has 1 aromatic carbocycles. The van der Waals surface area contributed by atoms with Gasteiger partial charge in [0, 0.05) is 19.1 Å². The second-order valence-corrected chi connectivity index (χ2v) is 2.80. The zero-order valence-electron chi connectivity index (χ0n) is 8.22. The third kappa shape index (κ3) is 3.18. The van der Waals surface area contributed by atoms with Gasteiger partial charge in [0.05, 0.1) is 0 Å². The molecule has 0 fully saturated rings. The highest BCUT2D eigenvalue weighted by Gasteiger charge is 1.94. The van der Waals surface area contributed by atoms with Crippen molar-refractivity contribution in [3.63, 3.8) is 0 Å². The number of hydrogen-bond donors (Lipinski definition) is 1. The largest absolute Gasteiger partial charge is 0.387 e. The first-order chi connectivity index (χ1) is 5.88. The zero-order chi connectivity index (χ0) is 9.40. The van der Waals surface area contributed by atoms with Gasteiger partial charge in [0.15, 0.2) is 0 Å². The van der Waals surface area contributed by atoms with E-state index >= 15 is 0 Å². The van der Waals surface area contributed by atoms with Crippen LogP contribution in [0.15, 0.2) is 29.2 Å². The molecule has 0 heterocycles. The summed E-state index contributed by atoms with van der Waals surface area (Å²) in [7, 11) is 1.94. The average molecular weight is 185 g/mol. The van der Waals surface area contributed by atoms with E-state index in [4.69, 9.17) is 0 Å². The normalized spacial score (nSPS) is 8.33. The standard InChI is InChI=1S/C8H11NS.C2H6.H2/c1-9-7-5-3-4-6-8(7)10-2;1-2;/h3-6,9H,1-2H3;1-2H3;1H. The van der Waals surface area contributed by atoms with Gasteiger partial charge < -0.3 is 5.32 Å². The van der Waals surface area contributed by atoms with Gasteiger partial charge in [-0.15, -0.1) is 11.8 Å². The van der Waals surface area contributed by atoms with E-state index in [1.54, 1.807) is 11.8 Å².